The average molecular weight is 367 g/mol. The largest absolute Gasteiger partial charge is 0.541 e. The molecule has 0 atom stereocenters. The van der Waals surface area contributed by atoms with E-state index in [4.69, 9.17) is 8.84 Å². The van der Waals surface area contributed by atoms with E-state index in [9.17, 15) is 4.79 Å². The molecule has 3 nitrogen and oxygen atoms in total. The molecule has 0 radical (unpaired) electrons. The van der Waals surface area contributed by atoms with Crippen molar-refractivity contribution >= 4 is 19.3 Å². The van der Waals surface area contributed by atoms with Gasteiger partial charge in [-0.25, -0.2) is 4.79 Å². The molecule has 0 fully saturated rings. The van der Waals surface area contributed by atoms with Crippen LogP contribution in [0.25, 0.3) is 22.1 Å². The minimum atomic E-state index is -2.07. The highest BCUT2D eigenvalue weighted by Gasteiger charge is 2.39. The summed E-state index contributed by atoms with van der Waals surface area (Å²) in [4.78, 5) is 12.3. The van der Waals surface area contributed by atoms with Gasteiger partial charge in [-0.15, -0.1) is 0 Å². The van der Waals surface area contributed by atoms with Crippen molar-refractivity contribution in [3.05, 3.63) is 64.5 Å². The summed E-state index contributed by atoms with van der Waals surface area (Å²) in [5.41, 5.74) is 3.03. The lowest BCUT2D eigenvalue weighted by Crippen LogP contribution is -2.44. The smallest absolute Gasteiger partial charge is 0.336 e. The first-order valence-electron chi connectivity index (χ1n) is 8.92. The van der Waals surface area contributed by atoms with Crippen LogP contribution in [0.5, 0.6) is 5.75 Å². The van der Waals surface area contributed by atoms with Crippen LogP contribution >= 0.6 is 0 Å². The number of fused-ring (bicyclic) bond motifs is 1. The van der Waals surface area contributed by atoms with Gasteiger partial charge in [-0.2, -0.15) is 0 Å². The van der Waals surface area contributed by atoms with E-state index in [1.54, 1.807) is 6.07 Å². The fourth-order valence-electron chi connectivity index (χ4n) is 2.69. The summed E-state index contributed by atoms with van der Waals surface area (Å²) in [5.74, 6) is 0.698. The van der Waals surface area contributed by atoms with E-state index in [2.05, 4.69) is 33.9 Å². The zero-order valence-corrected chi connectivity index (χ0v) is 17.3. The van der Waals surface area contributed by atoms with Crippen LogP contribution in [-0.4, -0.2) is 8.32 Å². The number of hydrogen-bond acceptors (Lipinski definition) is 3. The van der Waals surface area contributed by atoms with Crippen molar-refractivity contribution in [3.8, 4) is 16.9 Å². The Bertz CT molecular complexity index is 996. The van der Waals surface area contributed by atoms with Crippen molar-refractivity contribution < 1.29 is 8.84 Å². The van der Waals surface area contributed by atoms with E-state index in [0.29, 0.717) is 11.3 Å². The van der Waals surface area contributed by atoms with Gasteiger partial charge in [0.2, 0.25) is 0 Å². The number of aryl methyl sites for hydroxylation is 1. The summed E-state index contributed by atoms with van der Waals surface area (Å²) in [6, 6.07) is 15.5. The topological polar surface area (TPSA) is 39.4 Å². The lowest BCUT2D eigenvalue weighted by Gasteiger charge is -2.37. The van der Waals surface area contributed by atoms with Crippen LogP contribution in [-0.2, 0) is 0 Å². The predicted octanol–water partition coefficient (Wildman–Crippen LogP) is 6.15. The Kier molecular flexibility index (Phi) is 4.57. The van der Waals surface area contributed by atoms with Gasteiger partial charge < -0.3 is 8.84 Å². The Balaban J connectivity index is 2.27. The molecule has 0 saturated heterocycles. The molecule has 3 rings (SSSR count). The van der Waals surface area contributed by atoms with E-state index in [1.165, 1.54) is 0 Å². The van der Waals surface area contributed by atoms with Gasteiger partial charge in [-0.3, -0.25) is 0 Å². The quantitative estimate of drug-likeness (QED) is 0.412. The van der Waals surface area contributed by atoms with Crippen LogP contribution in [0, 0.1) is 6.92 Å². The molecule has 0 aliphatic heterocycles. The molecule has 0 amide bonds. The second kappa shape index (κ2) is 6.43. The molecular weight excluding hydrogens is 340 g/mol. The molecule has 1 heterocycles. The van der Waals surface area contributed by atoms with Crippen LogP contribution < -0.4 is 10.1 Å². The first-order chi connectivity index (χ1) is 12.1. The number of benzene rings is 2. The molecule has 0 N–H and O–H groups in total. The molecule has 1 aromatic heterocycles. The van der Waals surface area contributed by atoms with Gasteiger partial charge in [0.25, 0.3) is 8.32 Å². The molecule has 0 aliphatic carbocycles. The van der Waals surface area contributed by atoms with Gasteiger partial charge >= 0.3 is 5.63 Å². The van der Waals surface area contributed by atoms with Crippen molar-refractivity contribution in [2.24, 2.45) is 0 Å². The van der Waals surface area contributed by atoms with E-state index in [0.717, 1.165) is 22.1 Å². The second-order valence-corrected chi connectivity index (χ2v) is 13.0. The van der Waals surface area contributed by atoms with E-state index in [-0.39, 0.29) is 10.7 Å². The SMILES string of the molecule is Cc1ccc2c(-c3ccccc3)cc(=O)oc2c1O[Si](C)(C)C(C)(C)C. The summed E-state index contributed by atoms with van der Waals surface area (Å²) in [6.07, 6.45) is 0. The molecule has 4 heteroatoms. The predicted molar refractivity (Wildman–Crippen MR) is 110 cm³/mol. The lowest BCUT2D eigenvalue weighted by molar-refractivity contribution is 0.473. The fraction of sp³-hybridized carbons (Fsp3) is 0.318. The Hall–Kier alpha value is -2.33. The summed E-state index contributed by atoms with van der Waals surface area (Å²) in [6.45, 7) is 13.0. The summed E-state index contributed by atoms with van der Waals surface area (Å²) in [5, 5.41) is 0.953. The molecule has 0 aliphatic rings. The summed E-state index contributed by atoms with van der Waals surface area (Å²) in [7, 11) is -2.07. The van der Waals surface area contributed by atoms with Gasteiger partial charge in [-0.05, 0) is 41.7 Å². The number of rotatable bonds is 3. The maximum atomic E-state index is 12.3. The van der Waals surface area contributed by atoms with Crippen LogP contribution in [0.15, 0.2) is 57.7 Å². The highest BCUT2D eigenvalue weighted by molar-refractivity contribution is 6.74. The van der Waals surface area contributed by atoms with Crippen molar-refractivity contribution in [3.63, 3.8) is 0 Å². The third-order valence-electron chi connectivity index (χ3n) is 5.31. The molecule has 3 aromatic rings. The standard InChI is InChI=1S/C22H26O3Si/c1-15-12-13-17-18(16-10-8-7-9-11-16)14-19(23)24-21(17)20(15)25-26(5,6)22(2,3)4/h7-14H,1-6H3. The average Bonchev–Trinajstić information content (AvgIpc) is 2.56. The van der Waals surface area contributed by atoms with Gasteiger partial charge in [-0.1, -0.05) is 63.2 Å². The molecular formula is C22H26O3Si. The molecule has 2 aromatic carbocycles. The second-order valence-electron chi connectivity index (χ2n) is 8.30. The van der Waals surface area contributed by atoms with Crippen molar-refractivity contribution in [1.29, 1.82) is 0 Å². The van der Waals surface area contributed by atoms with Crippen LogP contribution in [0.1, 0.15) is 26.3 Å². The van der Waals surface area contributed by atoms with Gasteiger partial charge in [0.1, 0.15) is 0 Å². The van der Waals surface area contributed by atoms with Crippen LogP contribution in [0.2, 0.25) is 18.1 Å². The van der Waals surface area contributed by atoms with Gasteiger partial charge in [0.15, 0.2) is 11.3 Å². The van der Waals surface area contributed by atoms with E-state index in [1.807, 2.05) is 49.4 Å². The molecule has 0 spiro atoms. The zero-order chi connectivity index (χ0) is 19.1. The minimum Gasteiger partial charge on any atom is -0.541 e. The van der Waals surface area contributed by atoms with Crippen molar-refractivity contribution in [1.82, 2.24) is 0 Å². The maximum Gasteiger partial charge on any atom is 0.336 e. The summed E-state index contributed by atoms with van der Waals surface area (Å²) < 4.78 is 12.2. The molecule has 0 unspecified atom stereocenters. The molecule has 0 saturated carbocycles. The highest BCUT2D eigenvalue weighted by atomic mass is 28.4. The van der Waals surface area contributed by atoms with Crippen LogP contribution in [0.3, 0.4) is 0 Å². The fourth-order valence-corrected chi connectivity index (χ4v) is 3.76. The first-order valence-corrected chi connectivity index (χ1v) is 11.8. The highest BCUT2D eigenvalue weighted by Crippen LogP contribution is 2.41. The molecule has 26 heavy (non-hydrogen) atoms. The Labute approximate surface area is 155 Å². The molecule has 0 bridgehead atoms. The third-order valence-corrected chi connectivity index (χ3v) is 9.64. The van der Waals surface area contributed by atoms with E-state index >= 15 is 0 Å². The van der Waals surface area contributed by atoms with Gasteiger partial charge in [0.05, 0.1) is 0 Å². The Morgan fingerprint density at radius 1 is 1.00 bits per heavy atom. The Morgan fingerprint density at radius 3 is 2.27 bits per heavy atom. The monoisotopic (exact) mass is 366 g/mol. The number of hydrogen-bond donors (Lipinski definition) is 0. The first kappa shape index (κ1) is 18.5. The van der Waals surface area contributed by atoms with Crippen molar-refractivity contribution in [2.45, 2.75) is 45.8 Å². The third kappa shape index (κ3) is 3.34. The summed E-state index contributed by atoms with van der Waals surface area (Å²) >= 11 is 0. The zero-order valence-electron chi connectivity index (χ0n) is 16.3. The van der Waals surface area contributed by atoms with Gasteiger partial charge in [0, 0.05) is 11.5 Å². The minimum absolute atomic E-state index is 0.0545. The normalized spacial score (nSPS) is 12.4. The van der Waals surface area contributed by atoms with Crippen LogP contribution in [0.4, 0.5) is 0 Å². The lowest BCUT2D eigenvalue weighted by atomic mass is 10.0. The maximum absolute atomic E-state index is 12.3. The van der Waals surface area contributed by atoms with E-state index < -0.39 is 8.32 Å². The molecule has 136 valence electrons. The van der Waals surface area contributed by atoms with Crippen molar-refractivity contribution in [2.75, 3.05) is 0 Å². The Morgan fingerprint density at radius 2 is 1.65 bits per heavy atom.